The van der Waals surface area contributed by atoms with E-state index in [1.165, 1.54) is 6.42 Å². The minimum atomic E-state index is -0.258. The maximum Gasteiger partial charge on any atom is 0.262 e. The summed E-state index contributed by atoms with van der Waals surface area (Å²) in [6.07, 6.45) is 6.44. The number of hydrogen-bond acceptors (Lipinski definition) is 6. The van der Waals surface area contributed by atoms with E-state index in [2.05, 4.69) is 22.5 Å². The molecule has 0 spiro atoms. The average molecular weight is 572 g/mol. The van der Waals surface area contributed by atoms with Crippen LogP contribution in [-0.4, -0.2) is 41.5 Å². The lowest BCUT2D eigenvalue weighted by molar-refractivity contribution is -0.129. The molecule has 1 saturated carbocycles. The zero-order chi connectivity index (χ0) is 28.6. The molecule has 3 aromatic rings. The first-order valence-corrected chi connectivity index (χ1v) is 15.2. The van der Waals surface area contributed by atoms with Crippen LogP contribution in [0.15, 0.2) is 83.8 Å². The Morgan fingerprint density at radius 1 is 0.951 bits per heavy atom. The molecule has 0 aromatic heterocycles. The number of anilines is 2. The lowest BCUT2D eigenvalue weighted by Crippen LogP contribution is -2.48. The van der Waals surface area contributed by atoms with Gasteiger partial charge in [0.2, 0.25) is 0 Å². The van der Waals surface area contributed by atoms with Gasteiger partial charge in [-0.1, -0.05) is 74.0 Å². The SMILES string of the molecule is CCOc1cc(/C=C2\SC(Nc3ccccc3)N([C@H]3CCCC[C@H]3C)C2=O)ccc1OCC(=O)Nc1ccccc1. The highest BCUT2D eigenvalue weighted by molar-refractivity contribution is 8.05. The van der Waals surface area contributed by atoms with Crippen LogP contribution in [0, 0.1) is 5.92 Å². The van der Waals surface area contributed by atoms with E-state index < -0.39 is 0 Å². The van der Waals surface area contributed by atoms with E-state index >= 15 is 0 Å². The summed E-state index contributed by atoms with van der Waals surface area (Å²) < 4.78 is 11.7. The second-order valence-corrected chi connectivity index (χ2v) is 11.5. The molecule has 2 aliphatic rings. The van der Waals surface area contributed by atoms with Gasteiger partial charge in [0.25, 0.3) is 11.8 Å². The van der Waals surface area contributed by atoms with Crippen LogP contribution < -0.4 is 20.1 Å². The summed E-state index contributed by atoms with van der Waals surface area (Å²) in [4.78, 5) is 29.0. The van der Waals surface area contributed by atoms with Crippen LogP contribution in [0.1, 0.15) is 45.1 Å². The Hall–Kier alpha value is -3.91. The molecule has 3 aromatic carbocycles. The second kappa shape index (κ2) is 13.6. The number of thioether (sulfide) groups is 1. The number of nitrogens with zero attached hydrogens (tertiary/aromatic N) is 1. The number of para-hydroxylation sites is 2. The van der Waals surface area contributed by atoms with Crippen molar-refractivity contribution >= 4 is 41.0 Å². The van der Waals surface area contributed by atoms with Crippen molar-refractivity contribution in [3.63, 3.8) is 0 Å². The number of hydrogen-bond donors (Lipinski definition) is 2. The van der Waals surface area contributed by atoms with Crippen molar-refractivity contribution in [2.45, 2.75) is 51.1 Å². The molecule has 1 aliphatic heterocycles. The van der Waals surface area contributed by atoms with Crippen LogP contribution in [0.3, 0.4) is 0 Å². The summed E-state index contributed by atoms with van der Waals surface area (Å²) in [5, 5.41) is 6.40. The molecule has 41 heavy (non-hydrogen) atoms. The highest BCUT2D eigenvalue weighted by Gasteiger charge is 2.42. The topological polar surface area (TPSA) is 79.9 Å². The van der Waals surface area contributed by atoms with Gasteiger partial charge in [-0.05, 0) is 73.7 Å². The summed E-state index contributed by atoms with van der Waals surface area (Å²) >= 11 is 1.55. The van der Waals surface area contributed by atoms with Gasteiger partial charge in [-0.25, -0.2) is 0 Å². The molecular weight excluding hydrogens is 534 g/mol. The molecule has 1 unspecified atom stereocenters. The fourth-order valence-electron chi connectivity index (χ4n) is 5.38. The number of ether oxygens (including phenoxy) is 2. The lowest BCUT2D eigenvalue weighted by Gasteiger charge is -2.39. The predicted molar refractivity (Wildman–Crippen MR) is 166 cm³/mol. The summed E-state index contributed by atoms with van der Waals surface area (Å²) in [5.41, 5.74) is 2.36. The first-order chi connectivity index (χ1) is 20.0. The Kier molecular flexibility index (Phi) is 9.51. The molecule has 5 rings (SSSR count). The van der Waals surface area contributed by atoms with Gasteiger partial charge in [-0.2, -0.15) is 0 Å². The van der Waals surface area contributed by atoms with Gasteiger partial charge in [0.15, 0.2) is 23.6 Å². The maximum absolute atomic E-state index is 13.9. The zero-order valence-corrected chi connectivity index (χ0v) is 24.4. The van der Waals surface area contributed by atoms with Gasteiger partial charge in [-0.3, -0.25) is 9.59 Å². The number of nitrogens with one attached hydrogen (secondary N) is 2. The van der Waals surface area contributed by atoms with Crippen LogP contribution in [0.4, 0.5) is 11.4 Å². The standard InChI is InChI=1S/C33H37N3O4S/c1-3-39-29-20-24(18-19-28(29)40-22-31(37)34-25-13-6-4-7-14-25)21-30-32(38)36(27-17-11-10-12-23(27)2)33(41-30)35-26-15-8-5-9-16-26/h4-9,13-16,18-21,23,27,33,35H,3,10-12,17,22H2,1-2H3,(H,34,37)/b30-21-/t23-,27+,33?/m1/s1. The monoisotopic (exact) mass is 571 g/mol. The van der Waals surface area contributed by atoms with Gasteiger partial charge < -0.3 is 25.0 Å². The highest BCUT2D eigenvalue weighted by Crippen LogP contribution is 2.42. The van der Waals surface area contributed by atoms with Gasteiger partial charge in [-0.15, -0.1) is 0 Å². The molecular formula is C33H37N3O4S. The molecule has 214 valence electrons. The fraction of sp³-hybridized carbons (Fsp3) is 0.333. The Labute approximate surface area is 246 Å². The number of carbonyl (C=O) groups excluding carboxylic acids is 2. The molecule has 0 radical (unpaired) electrons. The molecule has 7 nitrogen and oxygen atoms in total. The largest absolute Gasteiger partial charge is 0.490 e. The minimum Gasteiger partial charge on any atom is -0.490 e. The van der Waals surface area contributed by atoms with E-state index in [0.29, 0.717) is 34.6 Å². The van der Waals surface area contributed by atoms with Gasteiger partial charge >= 0.3 is 0 Å². The Morgan fingerprint density at radius 3 is 2.37 bits per heavy atom. The quantitative estimate of drug-likeness (QED) is 0.255. The first kappa shape index (κ1) is 28.6. The number of carbonyl (C=O) groups is 2. The Morgan fingerprint density at radius 2 is 1.66 bits per heavy atom. The summed E-state index contributed by atoms with van der Waals surface area (Å²) in [6, 6.07) is 25.0. The third-order valence-electron chi connectivity index (χ3n) is 7.41. The van der Waals surface area contributed by atoms with Gasteiger partial charge in [0.1, 0.15) is 0 Å². The van der Waals surface area contributed by atoms with Crippen molar-refractivity contribution in [2.24, 2.45) is 5.92 Å². The van der Waals surface area contributed by atoms with E-state index in [1.54, 1.807) is 17.8 Å². The van der Waals surface area contributed by atoms with Crippen molar-refractivity contribution in [2.75, 3.05) is 23.8 Å². The van der Waals surface area contributed by atoms with Crippen LogP contribution in [-0.2, 0) is 9.59 Å². The van der Waals surface area contributed by atoms with Crippen molar-refractivity contribution in [1.82, 2.24) is 4.90 Å². The summed E-state index contributed by atoms with van der Waals surface area (Å²) in [7, 11) is 0. The number of amides is 2. The van der Waals surface area contributed by atoms with Crippen molar-refractivity contribution in [3.8, 4) is 11.5 Å². The summed E-state index contributed by atoms with van der Waals surface area (Å²) in [6.45, 7) is 4.45. The predicted octanol–water partition coefficient (Wildman–Crippen LogP) is 6.99. The maximum atomic E-state index is 13.9. The number of rotatable bonds is 10. The van der Waals surface area contributed by atoms with Crippen LogP contribution >= 0.6 is 11.8 Å². The van der Waals surface area contributed by atoms with Crippen molar-refractivity contribution < 1.29 is 19.1 Å². The van der Waals surface area contributed by atoms with Crippen LogP contribution in [0.5, 0.6) is 11.5 Å². The highest BCUT2D eigenvalue weighted by atomic mass is 32.2. The van der Waals surface area contributed by atoms with E-state index in [4.69, 9.17) is 9.47 Å². The van der Waals surface area contributed by atoms with Crippen LogP contribution in [0.25, 0.3) is 6.08 Å². The lowest BCUT2D eigenvalue weighted by atomic mass is 9.85. The van der Waals surface area contributed by atoms with E-state index in [-0.39, 0.29) is 30.0 Å². The second-order valence-electron chi connectivity index (χ2n) is 10.4. The minimum absolute atomic E-state index is 0.0538. The Bertz CT molecular complexity index is 1370. The molecule has 2 amide bonds. The fourth-order valence-corrected chi connectivity index (χ4v) is 6.59. The van der Waals surface area contributed by atoms with Gasteiger partial charge in [0.05, 0.1) is 11.5 Å². The third kappa shape index (κ3) is 7.24. The zero-order valence-electron chi connectivity index (χ0n) is 23.5. The number of benzene rings is 3. The smallest absolute Gasteiger partial charge is 0.262 e. The third-order valence-corrected chi connectivity index (χ3v) is 8.52. The van der Waals surface area contributed by atoms with Crippen molar-refractivity contribution in [1.29, 1.82) is 0 Å². The molecule has 1 aliphatic carbocycles. The molecule has 2 N–H and O–H groups in total. The Balaban J connectivity index is 1.34. The van der Waals surface area contributed by atoms with E-state index in [0.717, 1.165) is 30.5 Å². The van der Waals surface area contributed by atoms with E-state index in [9.17, 15) is 9.59 Å². The first-order valence-electron chi connectivity index (χ1n) is 14.3. The summed E-state index contributed by atoms with van der Waals surface area (Å²) in [5.74, 6) is 1.25. The normalized spacial score (nSPS) is 21.5. The molecule has 1 saturated heterocycles. The van der Waals surface area contributed by atoms with Crippen LogP contribution in [0.2, 0.25) is 0 Å². The molecule has 0 bridgehead atoms. The van der Waals surface area contributed by atoms with Gasteiger partial charge in [0, 0.05) is 17.4 Å². The van der Waals surface area contributed by atoms with E-state index in [1.807, 2.05) is 85.8 Å². The molecule has 8 heteroatoms. The van der Waals surface area contributed by atoms with Crippen molar-refractivity contribution in [3.05, 3.63) is 89.3 Å². The molecule has 1 heterocycles. The molecule has 2 fully saturated rings. The molecule has 3 atom stereocenters. The average Bonchev–Trinajstić information content (AvgIpc) is 3.27.